The molecular formula is C30H44O6. The number of benzene rings is 2. The fourth-order valence-corrected chi connectivity index (χ4v) is 4.67. The van der Waals surface area contributed by atoms with Crippen LogP contribution in [0.15, 0.2) is 60.7 Å². The molecule has 6 N–H and O–H groups in total. The molecule has 2 aromatic rings. The zero-order chi connectivity index (χ0) is 27.1. The van der Waals surface area contributed by atoms with E-state index < -0.39 is 36.1 Å². The molecule has 5 atom stereocenters. The largest absolute Gasteiger partial charge is 0.394 e. The summed E-state index contributed by atoms with van der Waals surface area (Å²) in [5, 5.41) is 66.1. The number of hydrogen-bond donors (Lipinski definition) is 6. The molecule has 0 amide bonds. The number of aliphatic hydroxyl groups is 6. The van der Waals surface area contributed by atoms with Gasteiger partial charge in [-0.1, -0.05) is 88.4 Å². The van der Waals surface area contributed by atoms with Gasteiger partial charge in [-0.2, -0.15) is 0 Å². The molecule has 0 heterocycles. The molecule has 0 aromatic heterocycles. The van der Waals surface area contributed by atoms with Crippen LogP contribution in [0.5, 0.6) is 0 Å². The van der Waals surface area contributed by atoms with Gasteiger partial charge in [0.2, 0.25) is 0 Å². The average molecular weight is 501 g/mol. The van der Waals surface area contributed by atoms with Crippen molar-refractivity contribution in [1.29, 1.82) is 0 Å². The average Bonchev–Trinajstić information content (AvgIpc) is 2.86. The minimum absolute atomic E-state index is 0.00680. The predicted octanol–water partition coefficient (Wildman–Crippen LogP) is 3.22. The summed E-state index contributed by atoms with van der Waals surface area (Å²) < 4.78 is 0. The second kappa shape index (κ2) is 13.0. The van der Waals surface area contributed by atoms with E-state index in [-0.39, 0.29) is 31.1 Å². The number of aliphatic hydroxyl groups excluding tert-OH is 4. The van der Waals surface area contributed by atoms with Crippen LogP contribution in [0, 0.1) is 0 Å². The van der Waals surface area contributed by atoms with Gasteiger partial charge in [0.05, 0.1) is 6.61 Å². The van der Waals surface area contributed by atoms with Crippen LogP contribution in [-0.2, 0) is 12.8 Å². The highest BCUT2D eigenvalue weighted by atomic mass is 16.4. The van der Waals surface area contributed by atoms with Gasteiger partial charge in [0.1, 0.15) is 29.5 Å². The van der Waals surface area contributed by atoms with E-state index in [0.29, 0.717) is 5.56 Å². The van der Waals surface area contributed by atoms with Crippen LogP contribution in [0.25, 0.3) is 0 Å². The molecule has 0 spiro atoms. The van der Waals surface area contributed by atoms with Gasteiger partial charge < -0.3 is 30.6 Å². The number of rotatable bonds is 13. The molecule has 0 fully saturated rings. The molecule has 0 radical (unpaired) electrons. The summed E-state index contributed by atoms with van der Waals surface area (Å²) in [6.45, 7) is 9.18. The van der Waals surface area contributed by atoms with Crippen LogP contribution in [-0.4, -0.2) is 66.8 Å². The van der Waals surface area contributed by atoms with Crippen molar-refractivity contribution >= 4 is 0 Å². The third kappa shape index (κ3) is 7.25. The molecule has 200 valence electrons. The van der Waals surface area contributed by atoms with E-state index in [9.17, 15) is 30.6 Å². The third-order valence-electron chi connectivity index (χ3n) is 6.99. The van der Waals surface area contributed by atoms with Gasteiger partial charge in [-0.25, -0.2) is 0 Å². The lowest BCUT2D eigenvalue weighted by molar-refractivity contribution is -0.228. The van der Waals surface area contributed by atoms with Crippen LogP contribution in [0.2, 0.25) is 0 Å². The van der Waals surface area contributed by atoms with Gasteiger partial charge in [0.15, 0.2) is 0 Å². The normalized spacial score (nSPS) is 18.2. The van der Waals surface area contributed by atoms with Crippen LogP contribution >= 0.6 is 0 Å². The fraction of sp³-hybridized carbons (Fsp3) is 0.533. The molecule has 0 aliphatic carbocycles. The lowest BCUT2D eigenvalue weighted by Crippen LogP contribution is -2.66. The standard InChI is InChI=1S/C30H44O6/c1-6-7-14-29(35,17-22-10-8-12-24(15-22)20(2)3)28(34)30(36,27(33)26(32)19-31)18-23-11-9-13-25(16-23)21(4)5/h6-13,15-16,20-21,26-28,31-36H,14,17-19H2,1-5H3/b7-6+/t26-,27+,28+,29?,30+/m0/s1. The topological polar surface area (TPSA) is 121 Å². The van der Waals surface area contributed by atoms with Gasteiger partial charge in [-0.15, -0.1) is 0 Å². The second-order valence-corrected chi connectivity index (χ2v) is 10.6. The molecule has 0 saturated heterocycles. The Kier molecular flexibility index (Phi) is 10.9. The Morgan fingerprint density at radius 2 is 1.31 bits per heavy atom. The van der Waals surface area contributed by atoms with E-state index in [1.807, 2.05) is 56.3 Å². The summed E-state index contributed by atoms with van der Waals surface area (Å²) >= 11 is 0. The molecule has 36 heavy (non-hydrogen) atoms. The first-order valence-electron chi connectivity index (χ1n) is 12.8. The Bertz CT molecular complexity index is 987. The SMILES string of the molecule is C/C=C/CC(O)(Cc1cccc(C(C)C)c1)[C@@H](O)[C@@](O)(Cc1cccc(C(C)C)c1)[C@H](O)[C@@H](O)CO. The van der Waals surface area contributed by atoms with Gasteiger partial charge in [-0.05, 0) is 47.4 Å². The smallest absolute Gasteiger partial charge is 0.126 e. The van der Waals surface area contributed by atoms with Crippen LogP contribution < -0.4 is 0 Å². The van der Waals surface area contributed by atoms with Crippen molar-refractivity contribution in [2.24, 2.45) is 0 Å². The molecule has 0 aliphatic rings. The Hall–Kier alpha value is -2.06. The van der Waals surface area contributed by atoms with Gasteiger partial charge in [0.25, 0.3) is 0 Å². The van der Waals surface area contributed by atoms with Crippen molar-refractivity contribution in [3.05, 3.63) is 82.9 Å². The summed E-state index contributed by atoms with van der Waals surface area (Å²) in [5.74, 6) is 0.487. The van der Waals surface area contributed by atoms with Crippen molar-refractivity contribution < 1.29 is 30.6 Å². The summed E-state index contributed by atoms with van der Waals surface area (Å²) in [7, 11) is 0. The van der Waals surface area contributed by atoms with Crippen molar-refractivity contribution in [2.75, 3.05) is 6.61 Å². The highest BCUT2D eigenvalue weighted by molar-refractivity contribution is 5.30. The summed E-state index contributed by atoms with van der Waals surface area (Å²) in [6.07, 6.45) is -2.27. The predicted molar refractivity (Wildman–Crippen MR) is 143 cm³/mol. The van der Waals surface area contributed by atoms with Crippen molar-refractivity contribution in [1.82, 2.24) is 0 Å². The molecular weight excluding hydrogens is 456 g/mol. The van der Waals surface area contributed by atoms with E-state index in [1.165, 1.54) is 0 Å². The third-order valence-corrected chi connectivity index (χ3v) is 6.99. The van der Waals surface area contributed by atoms with Crippen molar-refractivity contribution in [2.45, 2.75) is 95.2 Å². The molecule has 1 unspecified atom stereocenters. The highest BCUT2D eigenvalue weighted by Crippen LogP contribution is 2.35. The fourth-order valence-electron chi connectivity index (χ4n) is 4.67. The Balaban J connectivity index is 2.56. The Labute approximate surface area is 215 Å². The minimum atomic E-state index is -2.36. The van der Waals surface area contributed by atoms with Gasteiger partial charge in [0, 0.05) is 12.8 Å². The molecule has 2 rings (SSSR count). The molecule has 0 bridgehead atoms. The zero-order valence-electron chi connectivity index (χ0n) is 22.2. The number of hydrogen-bond acceptors (Lipinski definition) is 6. The monoisotopic (exact) mass is 500 g/mol. The maximum absolute atomic E-state index is 11.8. The van der Waals surface area contributed by atoms with E-state index in [4.69, 9.17) is 0 Å². The van der Waals surface area contributed by atoms with E-state index >= 15 is 0 Å². The summed E-state index contributed by atoms with van der Waals surface area (Å²) in [4.78, 5) is 0. The van der Waals surface area contributed by atoms with E-state index in [0.717, 1.165) is 16.7 Å². The molecule has 0 saturated carbocycles. The van der Waals surface area contributed by atoms with Crippen molar-refractivity contribution in [3.63, 3.8) is 0 Å². The lowest BCUT2D eigenvalue weighted by atomic mass is 9.71. The number of allylic oxidation sites excluding steroid dienone is 1. The first-order valence-corrected chi connectivity index (χ1v) is 12.8. The second-order valence-electron chi connectivity index (χ2n) is 10.6. The molecule has 6 heteroatoms. The minimum Gasteiger partial charge on any atom is -0.394 e. The van der Waals surface area contributed by atoms with Crippen LogP contribution in [0.4, 0.5) is 0 Å². The van der Waals surface area contributed by atoms with E-state index in [1.54, 1.807) is 25.1 Å². The first-order chi connectivity index (χ1) is 16.9. The quantitative estimate of drug-likeness (QED) is 0.235. The molecule has 0 aliphatic heterocycles. The maximum Gasteiger partial charge on any atom is 0.126 e. The lowest BCUT2D eigenvalue weighted by Gasteiger charge is -2.46. The first kappa shape index (κ1) is 30.2. The van der Waals surface area contributed by atoms with E-state index in [2.05, 4.69) is 13.8 Å². The summed E-state index contributed by atoms with van der Waals surface area (Å²) in [6, 6.07) is 15.1. The maximum atomic E-state index is 11.8. The zero-order valence-corrected chi connectivity index (χ0v) is 22.2. The van der Waals surface area contributed by atoms with Crippen LogP contribution in [0.1, 0.15) is 75.1 Å². The molecule has 2 aromatic carbocycles. The Morgan fingerprint density at radius 3 is 1.75 bits per heavy atom. The van der Waals surface area contributed by atoms with Gasteiger partial charge >= 0.3 is 0 Å². The Morgan fingerprint density at radius 1 is 0.806 bits per heavy atom. The van der Waals surface area contributed by atoms with Crippen LogP contribution in [0.3, 0.4) is 0 Å². The van der Waals surface area contributed by atoms with Crippen molar-refractivity contribution in [3.8, 4) is 0 Å². The molecule has 6 nitrogen and oxygen atoms in total. The highest BCUT2D eigenvalue weighted by Gasteiger charge is 2.54. The van der Waals surface area contributed by atoms with Gasteiger partial charge in [-0.3, -0.25) is 0 Å². The summed E-state index contributed by atoms with van der Waals surface area (Å²) in [5.41, 5.74) is -0.745.